The van der Waals surface area contributed by atoms with Gasteiger partial charge in [0.2, 0.25) is 0 Å². The molecule has 0 saturated heterocycles. The van der Waals surface area contributed by atoms with Crippen LogP contribution in [0.3, 0.4) is 0 Å². The molecule has 1 aromatic heterocycles. The Kier molecular flexibility index (Phi) is 5.07. The Labute approximate surface area is 89.5 Å². The van der Waals surface area contributed by atoms with E-state index in [-0.39, 0.29) is 0 Å². The van der Waals surface area contributed by atoms with Crippen molar-refractivity contribution in [3.63, 3.8) is 0 Å². The molecule has 1 N–H and O–H groups in total. The van der Waals surface area contributed by atoms with Gasteiger partial charge in [0.1, 0.15) is 0 Å². The van der Waals surface area contributed by atoms with Crippen LogP contribution in [0.2, 0.25) is 0 Å². The standard InChI is InChI=1S/C10H18N2OS/c1-4-10-12-9(7-14-10)5-11-13-6-8(2)3/h7-8,11H,4-6H2,1-3H3. The number of nitrogens with one attached hydrogen (secondary N) is 1. The lowest BCUT2D eigenvalue weighted by Crippen LogP contribution is -2.17. The number of aromatic nitrogens is 1. The summed E-state index contributed by atoms with van der Waals surface area (Å²) in [6.07, 6.45) is 1.01. The van der Waals surface area contributed by atoms with Crippen molar-refractivity contribution in [2.45, 2.75) is 33.7 Å². The SMILES string of the molecule is CCc1nc(CNOCC(C)C)cs1. The van der Waals surface area contributed by atoms with Crippen LogP contribution in [-0.4, -0.2) is 11.6 Å². The van der Waals surface area contributed by atoms with Crippen molar-refractivity contribution in [1.29, 1.82) is 0 Å². The van der Waals surface area contributed by atoms with Gasteiger partial charge in [0.05, 0.1) is 23.9 Å². The molecule has 0 radical (unpaired) electrons. The highest BCUT2D eigenvalue weighted by molar-refractivity contribution is 7.09. The molecule has 0 aliphatic heterocycles. The molecule has 0 amide bonds. The minimum absolute atomic E-state index is 0.559. The number of thiazole rings is 1. The monoisotopic (exact) mass is 214 g/mol. The maximum atomic E-state index is 5.26. The summed E-state index contributed by atoms with van der Waals surface area (Å²) in [6, 6.07) is 0. The molecule has 1 rings (SSSR count). The summed E-state index contributed by atoms with van der Waals surface area (Å²) in [5, 5.41) is 3.26. The zero-order chi connectivity index (χ0) is 10.4. The Bertz CT molecular complexity index is 260. The van der Waals surface area contributed by atoms with Crippen LogP contribution in [0.4, 0.5) is 0 Å². The second-order valence-electron chi connectivity index (χ2n) is 3.61. The maximum absolute atomic E-state index is 5.26. The second kappa shape index (κ2) is 6.11. The molecule has 0 aliphatic rings. The number of hydrogen-bond acceptors (Lipinski definition) is 4. The zero-order valence-electron chi connectivity index (χ0n) is 9.04. The van der Waals surface area contributed by atoms with Crippen molar-refractivity contribution in [1.82, 2.24) is 10.5 Å². The number of nitrogens with zero attached hydrogens (tertiary/aromatic N) is 1. The molecule has 14 heavy (non-hydrogen) atoms. The molecule has 1 aromatic rings. The zero-order valence-corrected chi connectivity index (χ0v) is 9.86. The minimum Gasteiger partial charge on any atom is -0.301 e. The fourth-order valence-corrected chi connectivity index (χ4v) is 1.69. The summed E-state index contributed by atoms with van der Waals surface area (Å²) in [7, 11) is 0. The third-order valence-corrected chi connectivity index (χ3v) is 2.72. The predicted octanol–water partition coefficient (Wildman–Crippen LogP) is 2.38. The highest BCUT2D eigenvalue weighted by Gasteiger charge is 1.99. The summed E-state index contributed by atoms with van der Waals surface area (Å²) < 4.78 is 0. The first-order valence-corrected chi connectivity index (χ1v) is 5.88. The van der Waals surface area contributed by atoms with Gasteiger partial charge in [0, 0.05) is 5.38 Å². The molecule has 0 unspecified atom stereocenters. The van der Waals surface area contributed by atoms with E-state index in [0.717, 1.165) is 18.7 Å². The van der Waals surface area contributed by atoms with Crippen molar-refractivity contribution in [2.24, 2.45) is 5.92 Å². The lowest BCUT2D eigenvalue weighted by atomic mass is 10.2. The first-order chi connectivity index (χ1) is 6.72. The maximum Gasteiger partial charge on any atom is 0.0926 e. The molecule has 0 fully saturated rings. The highest BCUT2D eigenvalue weighted by Crippen LogP contribution is 2.09. The van der Waals surface area contributed by atoms with Gasteiger partial charge < -0.3 is 4.84 Å². The van der Waals surface area contributed by atoms with Crippen LogP contribution in [0.25, 0.3) is 0 Å². The molecule has 3 nitrogen and oxygen atoms in total. The fourth-order valence-electron chi connectivity index (χ4n) is 0.943. The third kappa shape index (κ3) is 4.17. The molecular weight excluding hydrogens is 196 g/mol. The molecule has 0 atom stereocenters. The summed E-state index contributed by atoms with van der Waals surface area (Å²) in [4.78, 5) is 9.68. The van der Waals surface area contributed by atoms with Gasteiger partial charge in [-0.2, -0.15) is 5.48 Å². The average molecular weight is 214 g/mol. The van der Waals surface area contributed by atoms with E-state index in [2.05, 4.69) is 36.6 Å². The molecule has 4 heteroatoms. The summed E-state index contributed by atoms with van der Waals surface area (Å²) >= 11 is 1.71. The van der Waals surface area contributed by atoms with Gasteiger partial charge in [0.25, 0.3) is 0 Å². The van der Waals surface area contributed by atoms with Crippen molar-refractivity contribution >= 4 is 11.3 Å². The molecule has 0 aromatic carbocycles. The molecule has 0 saturated carbocycles. The van der Waals surface area contributed by atoms with Gasteiger partial charge in [-0.05, 0) is 12.3 Å². The Morgan fingerprint density at radius 2 is 2.36 bits per heavy atom. The highest BCUT2D eigenvalue weighted by atomic mass is 32.1. The average Bonchev–Trinajstić information content (AvgIpc) is 2.60. The van der Waals surface area contributed by atoms with Crippen LogP contribution < -0.4 is 5.48 Å². The normalized spacial score (nSPS) is 11.1. The predicted molar refractivity (Wildman–Crippen MR) is 59.1 cm³/mol. The summed E-state index contributed by atoms with van der Waals surface area (Å²) in [5.41, 5.74) is 3.98. The largest absolute Gasteiger partial charge is 0.301 e. The summed E-state index contributed by atoms with van der Waals surface area (Å²) in [5.74, 6) is 0.559. The van der Waals surface area contributed by atoms with Crippen molar-refractivity contribution in [3.8, 4) is 0 Å². The van der Waals surface area contributed by atoms with E-state index in [1.54, 1.807) is 11.3 Å². The smallest absolute Gasteiger partial charge is 0.0926 e. The van der Waals surface area contributed by atoms with Crippen LogP contribution in [0, 0.1) is 5.92 Å². The second-order valence-corrected chi connectivity index (χ2v) is 4.55. The molecule has 1 heterocycles. The molecule has 0 spiro atoms. The van der Waals surface area contributed by atoms with Crippen molar-refractivity contribution in [3.05, 3.63) is 16.1 Å². The molecule has 0 aliphatic carbocycles. The van der Waals surface area contributed by atoms with Crippen LogP contribution >= 0.6 is 11.3 Å². The third-order valence-electron chi connectivity index (χ3n) is 1.67. The number of hydroxylamine groups is 1. The van der Waals surface area contributed by atoms with E-state index in [9.17, 15) is 0 Å². The van der Waals surface area contributed by atoms with Gasteiger partial charge in [-0.1, -0.05) is 20.8 Å². The number of hydrogen-bond donors (Lipinski definition) is 1. The van der Waals surface area contributed by atoms with Gasteiger partial charge in [-0.25, -0.2) is 4.98 Å². The topological polar surface area (TPSA) is 34.2 Å². The van der Waals surface area contributed by atoms with E-state index in [0.29, 0.717) is 12.5 Å². The van der Waals surface area contributed by atoms with Gasteiger partial charge in [-0.3, -0.25) is 0 Å². The quantitative estimate of drug-likeness (QED) is 0.583. The van der Waals surface area contributed by atoms with Gasteiger partial charge in [0.15, 0.2) is 0 Å². The van der Waals surface area contributed by atoms with E-state index in [1.165, 1.54) is 5.01 Å². The minimum atomic E-state index is 0.559. The first kappa shape index (κ1) is 11.6. The van der Waals surface area contributed by atoms with E-state index in [4.69, 9.17) is 4.84 Å². The molecule has 80 valence electrons. The number of rotatable bonds is 6. The lowest BCUT2D eigenvalue weighted by Gasteiger charge is -2.05. The Balaban J connectivity index is 2.18. The molecule has 0 bridgehead atoms. The van der Waals surface area contributed by atoms with Crippen LogP contribution in [0.5, 0.6) is 0 Å². The number of aryl methyl sites for hydroxylation is 1. The van der Waals surface area contributed by atoms with E-state index >= 15 is 0 Å². The first-order valence-electron chi connectivity index (χ1n) is 5.00. The van der Waals surface area contributed by atoms with Crippen LogP contribution in [0.1, 0.15) is 31.5 Å². The van der Waals surface area contributed by atoms with Gasteiger partial charge >= 0.3 is 0 Å². The van der Waals surface area contributed by atoms with Crippen molar-refractivity contribution in [2.75, 3.05) is 6.61 Å². The van der Waals surface area contributed by atoms with E-state index < -0.39 is 0 Å². The Morgan fingerprint density at radius 1 is 1.57 bits per heavy atom. The Morgan fingerprint density at radius 3 is 2.93 bits per heavy atom. The van der Waals surface area contributed by atoms with Crippen LogP contribution in [0.15, 0.2) is 5.38 Å². The van der Waals surface area contributed by atoms with Crippen LogP contribution in [-0.2, 0) is 17.8 Å². The van der Waals surface area contributed by atoms with Gasteiger partial charge in [-0.15, -0.1) is 11.3 Å². The fraction of sp³-hybridized carbons (Fsp3) is 0.700. The van der Waals surface area contributed by atoms with E-state index in [1.807, 2.05) is 0 Å². The molecular formula is C10H18N2OS. The summed E-state index contributed by atoms with van der Waals surface area (Å²) in [6.45, 7) is 7.80. The lowest BCUT2D eigenvalue weighted by molar-refractivity contribution is 0.0191. The Hall–Kier alpha value is -0.450. The van der Waals surface area contributed by atoms with Crippen molar-refractivity contribution < 1.29 is 4.84 Å².